The van der Waals surface area contributed by atoms with Gasteiger partial charge in [-0.05, 0) is 6.92 Å². The molecule has 4 nitrogen and oxygen atoms in total. The van der Waals surface area contributed by atoms with E-state index >= 15 is 0 Å². The molecule has 1 N–H and O–H groups in total. The molecule has 0 radical (unpaired) electrons. The molecular formula is C10H10BrClO4. The van der Waals surface area contributed by atoms with Gasteiger partial charge in [0.25, 0.3) is 0 Å². The minimum atomic E-state index is -1.51. The molecule has 1 saturated heterocycles. The first-order valence-corrected chi connectivity index (χ1v) is 5.80. The summed E-state index contributed by atoms with van der Waals surface area (Å²) in [4.78, 5) is 11.7. The topological polar surface area (TPSA) is 59.1 Å². The first kappa shape index (κ1) is 12.1. The van der Waals surface area contributed by atoms with Crippen LogP contribution < -0.4 is 0 Å². The van der Waals surface area contributed by atoms with Crippen LogP contribution in [0, 0.1) is 0 Å². The number of hydrogen-bond acceptors (Lipinski definition) is 4. The summed E-state index contributed by atoms with van der Waals surface area (Å²) in [6.07, 6.45) is 1.75. The third-order valence-electron chi connectivity index (χ3n) is 2.83. The number of ether oxygens (including phenoxy) is 2. The summed E-state index contributed by atoms with van der Waals surface area (Å²) in [6, 6.07) is 0. The van der Waals surface area contributed by atoms with Crippen molar-refractivity contribution in [3.05, 3.63) is 22.4 Å². The average molecular weight is 310 g/mol. The van der Waals surface area contributed by atoms with Crippen molar-refractivity contribution in [1.82, 2.24) is 0 Å². The van der Waals surface area contributed by atoms with Gasteiger partial charge < -0.3 is 14.6 Å². The maximum atomic E-state index is 11.7. The van der Waals surface area contributed by atoms with Crippen molar-refractivity contribution < 1.29 is 19.4 Å². The van der Waals surface area contributed by atoms with Crippen molar-refractivity contribution in [3.8, 4) is 0 Å². The Balaban J connectivity index is 2.51. The van der Waals surface area contributed by atoms with Gasteiger partial charge in [-0.25, -0.2) is 0 Å². The molecule has 0 aromatic rings. The standard InChI is InChI=1S/C10H10BrClO4/c1-3-6(11)9-8(14)5(15-2)4-7(13)10(9,12)16-9/h3-4,8,14H,1-2H3. The number of carbonyl (C=O) groups is 1. The van der Waals surface area contributed by atoms with E-state index in [1.165, 1.54) is 13.2 Å². The molecule has 6 heteroatoms. The van der Waals surface area contributed by atoms with Gasteiger partial charge in [-0.1, -0.05) is 33.6 Å². The van der Waals surface area contributed by atoms with Crippen LogP contribution in [0.4, 0.5) is 0 Å². The maximum Gasteiger partial charge on any atom is 0.242 e. The van der Waals surface area contributed by atoms with Gasteiger partial charge in [-0.15, -0.1) is 0 Å². The number of hydrogen-bond donors (Lipinski definition) is 1. The minimum absolute atomic E-state index is 0.151. The second kappa shape index (κ2) is 3.57. The Morgan fingerprint density at radius 2 is 2.44 bits per heavy atom. The van der Waals surface area contributed by atoms with Gasteiger partial charge in [0.05, 0.1) is 7.11 Å². The number of methoxy groups -OCH3 is 1. The molecule has 0 bridgehead atoms. The van der Waals surface area contributed by atoms with Gasteiger partial charge in [-0.2, -0.15) is 0 Å². The first-order chi connectivity index (χ1) is 7.44. The van der Waals surface area contributed by atoms with Gasteiger partial charge in [0.2, 0.25) is 10.8 Å². The highest BCUT2D eigenvalue weighted by Gasteiger charge is 2.81. The van der Waals surface area contributed by atoms with Crippen molar-refractivity contribution in [2.45, 2.75) is 23.7 Å². The lowest BCUT2D eigenvalue weighted by atomic mass is 9.88. The average Bonchev–Trinajstić information content (AvgIpc) is 2.93. The largest absolute Gasteiger partial charge is 0.498 e. The Hall–Kier alpha value is -0.360. The predicted octanol–water partition coefficient (Wildman–Crippen LogP) is 1.46. The summed E-state index contributed by atoms with van der Waals surface area (Å²) in [7, 11) is 1.38. The third kappa shape index (κ3) is 1.20. The smallest absolute Gasteiger partial charge is 0.242 e. The molecule has 0 spiro atoms. The van der Waals surface area contributed by atoms with Crippen LogP contribution in [-0.4, -0.2) is 34.8 Å². The normalized spacial score (nSPS) is 42.6. The van der Waals surface area contributed by atoms with Crippen LogP contribution in [0.5, 0.6) is 0 Å². The lowest BCUT2D eigenvalue weighted by molar-refractivity contribution is -0.117. The van der Waals surface area contributed by atoms with Crippen LogP contribution >= 0.6 is 27.5 Å². The van der Waals surface area contributed by atoms with Crippen molar-refractivity contribution >= 4 is 33.3 Å². The van der Waals surface area contributed by atoms with Crippen LogP contribution in [0.2, 0.25) is 0 Å². The van der Waals surface area contributed by atoms with Crippen LogP contribution in [0.1, 0.15) is 6.92 Å². The molecule has 3 unspecified atom stereocenters. The maximum absolute atomic E-state index is 11.7. The fourth-order valence-electron chi connectivity index (χ4n) is 1.88. The molecule has 3 atom stereocenters. The predicted molar refractivity (Wildman–Crippen MR) is 61.2 cm³/mol. The molecule has 1 aliphatic carbocycles. The molecule has 1 heterocycles. The summed E-state index contributed by atoms with van der Waals surface area (Å²) in [6.45, 7) is 1.75. The number of aliphatic hydroxyl groups is 1. The number of rotatable bonds is 2. The van der Waals surface area contributed by atoms with Gasteiger partial charge >= 0.3 is 0 Å². The van der Waals surface area contributed by atoms with Crippen LogP contribution in [-0.2, 0) is 14.3 Å². The van der Waals surface area contributed by atoms with Crippen molar-refractivity contribution in [3.63, 3.8) is 0 Å². The molecule has 1 fully saturated rings. The number of carbonyl (C=O) groups excluding carboxylic acids is 1. The third-order valence-corrected chi connectivity index (χ3v) is 4.42. The van der Waals surface area contributed by atoms with Gasteiger partial charge in [0.1, 0.15) is 11.9 Å². The van der Waals surface area contributed by atoms with E-state index in [9.17, 15) is 9.90 Å². The minimum Gasteiger partial charge on any atom is -0.498 e. The highest BCUT2D eigenvalue weighted by Crippen LogP contribution is 2.63. The first-order valence-electron chi connectivity index (χ1n) is 4.63. The van der Waals surface area contributed by atoms with Crippen LogP contribution in [0.15, 0.2) is 22.4 Å². The fraction of sp³-hybridized carbons (Fsp3) is 0.500. The summed E-state index contributed by atoms with van der Waals surface area (Å²) in [5.41, 5.74) is -1.25. The number of allylic oxidation sites excluding steroid dienone is 1. The van der Waals surface area contributed by atoms with Crippen molar-refractivity contribution in [1.29, 1.82) is 0 Å². The molecular weight excluding hydrogens is 299 g/mol. The van der Waals surface area contributed by atoms with Crippen molar-refractivity contribution in [2.24, 2.45) is 0 Å². The SMILES string of the molecule is CC=C(Br)C12OC1(Cl)C(=O)C=C(OC)C2O. The van der Waals surface area contributed by atoms with E-state index in [-0.39, 0.29) is 5.76 Å². The number of epoxide rings is 1. The highest BCUT2D eigenvalue weighted by atomic mass is 79.9. The number of aliphatic hydroxyl groups excluding tert-OH is 1. The lowest BCUT2D eigenvalue weighted by Gasteiger charge is -2.25. The van der Waals surface area contributed by atoms with Gasteiger partial charge in [0.15, 0.2) is 5.60 Å². The van der Waals surface area contributed by atoms with Gasteiger partial charge in [0, 0.05) is 10.6 Å². The summed E-state index contributed by atoms with van der Waals surface area (Å²) in [5.74, 6) is -0.271. The molecule has 0 aromatic carbocycles. The fourth-order valence-corrected chi connectivity index (χ4v) is 2.95. The number of fused-ring (bicyclic) bond motifs is 1. The molecule has 2 aliphatic rings. The second-order valence-corrected chi connectivity index (χ2v) is 4.97. The van der Waals surface area contributed by atoms with E-state index in [4.69, 9.17) is 21.1 Å². The zero-order valence-electron chi connectivity index (χ0n) is 8.66. The number of alkyl halides is 1. The summed E-state index contributed by atoms with van der Waals surface area (Å²) >= 11 is 9.29. The number of ketones is 1. The van der Waals surface area contributed by atoms with Gasteiger partial charge in [-0.3, -0.25) is 4.79 Å². The van der Waals surface area contributed by atoms with Crippen molar-refractivity contribution in [2.75, 3.05) is 7.11 Å². The molecule has 1 aliphatic heterocycles. The van der Waals surface area contributed by atoms with Crippen LogP contribution in [0.3, 0.4) is 0 Å². The Labute approximate surface area is 106 Å². The Kier molecular flexibility index (Phi) is 2.70. The Morgan fingerprint density at radius 3 is 2.94 bits per heavy atom. The molecule has 2 rings (SSSR count). The molecule has 88 valence electrons. The lowest BCUT2D eigenvalue weighted by Crippen LogP contribution is -2.44. The van der Waals surface area contributed by atoms with E-state index in [0.717, 1.165) is 0 Å². The number of halogens is 2. The quantitative estimate of drug-likeness (QED) is 0.620. The molecule has 0 amide bonds. The highest BCUT2D eigenvalue weighted by molar-refractivity contribution is 9.11. The second-order valence-electron chi connectivity index (χ2n) is 3.59. The summed E-state index contributed by atoms with van der Waals surface area (Å²) < 4.78 is 10.7. The molecule has 16 heavy (non-hydrogen) atoms. The molecule has 0 aromatic heterocycles. The zero-order valence-corrected chi connectivity index (χ0v) is 11.0. The van der Waals surface area contributed by atoms with E-state index in [1.807, 2.05) is 0 Å². The van der Waals surface area contributed by atoms with E-state index < -0.39 is 22.5 Å². The molecule has 0 saturated carbocycles. The Morgan fingerprint density at radius 1 is 1.81 bits per heavy atom. The van der Waals surface area contributed by atoms with Crippen LogP contribution in [0.25, 0.3) is 0 Å². The van der Waals surface area contributed by atoms with E-state index in [0.29, 0.717) is 4.48 Å². The van der Waals surface area contributed by atoms with E-state index in [2.05, 4.69) is 15.9 Å². The Bertz CT molecular complexity index is 419. The monoisotopic (exact) mass is 308 g/mol. The van der Waals surface area contributed by atoms with E-state index in [1.54, 1.807) is 13.0 Å². The zero-order chi connectivity index (χ0) is 12.1. The summed E-state index contributed by atoms with van der Waals surface area (Å²) in [5, 5.41) is 8.57.